The molecule has 0 heterocycles. The third kappa shape index (κ3) is 4.07. The van der Waals surface area contributed by atoms with Crippen molar-refractivity contribution in [2.45, 2.75) is 45.1 Å². The van der Waals surface area contributed by atoms with E-state index in [4.69, 9.17) is 9.47 Å². The molecule has 0 unspecified atom stereocenters. The van der Waals surface area contributed by atoms with Crippen molar-refractivity contribution in [2.75, 3.05) is 27.8 Å². The Balaban J connectivity index is 1.37. The van der Waals surface area contributed by atoms with Crippen molar-refractivity contribution in [1.82, 2.24) is 10.2 Å². The van der Waals surface area contributed by atoms with Crippen LogP contribution >= 0.6 is 0 Å². The number of nitrogens with zero attached hydrogens (tertiary/aromatic N) is 1. The molecule has 6 nitrogen and oxygen atoms in total. The van der Waals surface area contributed by atoms with Gasteiger partial charge in [0.15, 0.2) is 18.1 Å². The molecule has 0 aliphatic heterocycles. The molecule has 4 aliphatic carbocycles. The molecule has 4 bridgehead atoms. The van der Waals surface area contributed by atoms with Gasteiger partial charge in [0.05, 0.1) is 7.11 Å². The first kappa shape index (κ1) is 20.0. The first-order chi connectivity index (χ1) is 13.9. The minimum Gasteiger partial charge on any atom is -0.493 e. The summed E-state index contributed by atoms with van der Waals surface area (Å²) in [7, 11) is 4.96. The van der Waals surface area contributed by atoms with Gasteiger partial charge in [-0.15, -0.1) is 0 Å². The molecule has 4 saturated carbocycles. The van der Waals surface area contributed by atoms with Crippen molar-refractivity contribution in [3.8, 4) is 11.5 Å². The van der Waals surface area contributed by atoms with Crippen molar-refractivity contribution in [3.05, 3.63) is 23.8 Å². The van der Waals surface area contributed by atoms with E-state index in [0.717, 1.165) is 42.6 Å². The molecule has 5 rings (SSSR count). The van der Waals surface area contributed by atoms with Crippen LogP contribution in [0.4, 0.5) is 0 Å². The molecule has 0 saturated heterocycles. The topological polar surface area (TPSA) is 67.9 Å². The second kappa shape index (κ2) is 7.88. The number of methoxy groups -OCH3 is 1. The molecule has 0 aromatic heterocycles. The van der Waals surface area contributed by atoms with Gasteiger partial charge in [-0.25, -0.2) is 0 Å². The van der Waals surface area contributed by atoms with Gasteiger partial charge in [-0.2, -0.15) is 0 Å². The molecule has 1 aromatic rings. The lowest BCUT2D eigenvalue weighted by Crippen LogP contribution is -2.53. The van der Waals surface area contributed by atoms with Gasteiger partial charge in [-0.05, 0) is 74.0 Å². The van der Waals surface area contributed by atoms with E-state index in [2.05, 4.69) is 5.32 Å². The van der Waals surface area contributed by atoms with Crippen molar-refractivity contribution in [2.24, 2.45) is 23.2 Å². The second-order valence-corrected chi connectivity index (χ2v) is 9.44. The average Bonchev–Trinajstić information content (AvgIpc) is 2.69. The van der Waals surface area contributed by atoms with Gasteiger partial charge in [0.2, 0.25) is 5.91 Å². The molecule has 0 radical (unpaired) electrons. The molecule has 2 amide bonds. The zero-order valence-electron chi connectivity index (χ0n) is 17.7. The highest BCUT2D eigenvalue weighted by Crippen LogP contribution is 2.60. The summed E-state index contributed by atoms with van der Waals surface area (Å²) in [6.45, 7) is 0.444. The Hall–Kier alpha value is -2.24. The summed E-state index contributed by atoms with van der Waals surface area (Å²) in [6.07, 6.45) is 7.22. The lowest BCUT2D eigenvalue weighted by molar-refractivity contribution is -0.146. The standard InChI is InChI=1S/C23H32N2O4/c1-25(2)21(26)14-29-19-5-4-15(9-20(19)28-3)13-24-22(27)23-10-16-6-17(11-23)8-18(7-16)12-23/h4-5,9,16-18H,6-8,10-14H2,1-3H3,(H,24,27). The predicted octanol–water partition coefficient (Wildman–Crippen LogP) is 2.99. The summed E-state index contributed by atoms with van der Waals surface area (Å²) in [5.41, 5.74) is 0.834. The largest absolute Gasteiger partial charge is 0.493 e. The van der Waals surface area contributed by atoms with Gasteiger partial charge >= 0.3 is 0 Å². The Morgan fingerprint density at radius 1 is 1.07 bits per heavy atom. The van der Waals surface area contributed by atoms with Crippen LogP contribution in [0.1, 0.15) is 44.1 Å². The fraction of sp³-hybridized carbons (Fsp3) is 0.652. The van der Waals surface area contributed by atoms with Crippen LogP contribution in [0.5, 0.6) is 11.5 Å². The van der Waals surface area contributed by atoms with E-state index in [-0.39, 0.29) is 23.8 Å². The van der Waals surface area contributed by atoms with Crippen LogP contribution in [0, 0.1) is 23.2 Å². The van der Waals surface area contributed by atoms with E-state index in [1.807, 2.05) is 12.1 Å². The zero-order chi connectivity index (χ0) is 20.6. The highest BCUT2D eigenvalue weighted by Gasteiger charge is 2.54. The predicted molar refractivity (Wildman–Crippen MR) is 110 cm³/mol. The van der Waals surface area contributed by atoms with E-state index < -0.39 is 0 Å². The molecule has 6 heteroatoms. The summed E-state index contributed by atoms with van der Waals surface area (Å²) in [6, 6.07) is 5.58. The van der Waals surface area contributed by atoms with E-state index in [1.54, 1.807) is 27.3 Å². The lowest BCUT2D eigenvalue weighted by Gasteiger charge is -2.55. The maximum Gasteiger partial charge on any atom is 0.259 e. The number of benzene rings is 1. The van der Waals surface area contributed by atoms with Crippen molar-refractivity contribution < 1.29 is 19.1 Å². The van der Waals surface area contributed by atoms with Crippen LogP contribution < -0.4 is 14.8 Å². The molecule has 4 aliphatic rings. The Labute approximate surface area is 172 Å². The summed E-state index contributed by atoms with van der Waals surface area (Å²) in [5, 5.41) is 3.20. The number of ether oxygens (including phenoxy) is 2. The minimum atomic E-state index is -0.131. The van der Waals surface area contributed by atoms with Crippen LogP contribution in [0.15, 0.2) is 18.2 Å². The zero-order valence-corrected chi connectivity index (χ0v) is 17.7. The smallest absolute Gasteiger partial charge is 0.259 e. The Morgan fingerprint density at radius 3 is 2.24 bits per heavy atom. The maximum atomic E-state index is 13.1. The van der Waals surface area contributed by atoms with Gasteiger partial charge in [0.25, 0.3) is 5.91 Å². The van der Waals surface area contributed by atoms with Crippen LogP contribution in [0.3, 0.4) is 0 Å². The molecule has 29 heavy (non-hydrogen) atoms. The Kier molecular flexibility index (Phi) is 5.45. The minimum absolute atomic E-state index is 0.0362. The molecule has 4 fully saturated rings. The second-order valence-electron chi connectivity index (χ2n) is 9.44. The normalized spacial score (nSPS) is 29.4. The number of hydrogen-bond donors (Lipinski definition) is 1. The average molecular weight is 401 g/mol. The highest BCUT2D eigenvalue weighted by atomic mass is 16.5. The molecule has 158 valence electrons. The van der Waals surface area contributed by atoms with Crippen molar-refractivity contribution >= 4 is 11.8 Å². The van der Waals surface area contributed by atoms with Gasteiger partial charge < -0.3 is 19.7 Å². The molecule has 0 spiro atoms. The fourth-order valence-electron chi connectivity index (χ4n) is 5.97. The number of nitrogens with one attached hydrogen (secondary N) is 1. The van der Waals surface area contributed by atoms with Crippen LogP contribution in [-0.2, 0) is 16.1 Å². The third-order valence-corrected chi connectivity index (χ3v) is 7.05. The number of amides is 2. The molecule has 0 atom stereocenters. The van der Waals surface area contributed by atoms with Gasteiger partial charge in [0.1, 0.15) is 0 Å². The van der Waals surface area contributed by atoms with E-state index >= 15 is 0 Å². The van der Waals surface area contributed by atoms with E-state index in [1.165, 1.54) is 24.2 Å². The molecular formula is C23H32N2O4. The number of hydrogen-bond acceptors (Lipinski definition) is 4. The number of rotatable bonds is 7. The fourth-order valence-corrected chi connectivity index (χ4v) is 5.97. The van der Waals surface area contributed by atoms with Crippen LogP contribution in [0.25, 0.3) is 0 Å². The Bertz CT molecular complexity index is 754. The van der Waals surface area contributed by atoms with E-state index in [9.17, 15) is 9.59 Å². The number of likely N-dealkylation sites (N-methyl/N-ethyl adjacent to an activating group) is 1. The number of carbonyl (C=O) groups is 2. The summed E-state index contributed by atoms with van der Waals surface area (Å²) in [4.78, 5) is 26.3. The van der Waals surface area contributed by atoms with Crippen LogP contribution in [0.2, 0.25) is 0 Å². The summed E-state index contributed by atoms with van der Waals surface area (Å²) in [5.74, 6) is 3.48. The lowest BCUT2D eigenvalue weighted by atomic mass is 9.49. The quantitative estimate of drug-likeness (QED) is 0.764. The highest BCUT2D eigenvalue weighted by molar-refractivity contribution is 5.83. The summed E-state index contributed by atoms with van der Waals surface area (Å²) < 4.78 is 11.0. The van der Waals surface area contributed by atoms with Crippen LogP contribution in [-0.4, -0.2) is 44.5 Å². The maximum absolute atomic E-state index is 13.1. The molecular weight excluding hydrogens is 368 g/mol. The van der Waals surface area contributed by atoms with E-state index in [0.29, 0.717) is 18.0 Å². The van der Waals surface area contributed by atoms with Gasteiger partial charge in [0, 0.05) is 26.1 Å². The van der Waals surface area contributed by atoms with Gasteiger partial charge in [-0.1, -0.05) is 6.07 Å². The SMILES string of the molecule is COc1cc(CNC(=O)C23CC4CC(CC(C4)C2)C3)ccc1OCC(=O)N(C)C. The summed E-state index contributed by atoms with van der Waals surface area (Å²) >= 11 is 0. The molecule has 1 N–H and O–H groups in total. The third-order valence-electron chi connectivity index (χ3n) is 7.05. The first-order valence-corrected chi connectivity index (χ1v) is 10.7. The number of carbonyl (C=O) groups excluding carboxylic acids is 2. The van der Waals surface area contributed by atoms with Crippen molar-refractivity contribution in [1.29, 1.82) is 0 Å². The molecule has 1 aromatic carbocycles. The van der Waals surface area contributed by atoms with Crippen molar-refractivity contribution in [3.63, 3.8) is 0 Å². The monoisotopic (exact) mass is 400 g/mol. The van der Waals surface area contributed by atoms with Gasteiger partial charge in [-0.3, -0.25) is 9.59 Å². The first-order valence-electron chi connectivity index (χ1n) is 10.7. The Morgan fingerprint density at radius 2 is 1.69 bits per heavy atom.